The topological polar surface area (TPSA) is 107 Å². The number of hydrogen-bond acceptors (Lipinski definition) is 5. The highest BCUT2D eigenvalue weighted by Crippen LogP contribution is 2.36. The number of rotatable bonds is 10. The number of aliphatic hydroxyl groups excluding tert-OH is 2. The summed E-state index contributed by atoms with van der Waals surface area (Å²) in [5.74, 6) is -0.814. The highest BCUT2D eigenvalue weighted by molar-refractivity contribution is 6.30. The van der Waals surface area contributed by atoms with Crippen LogP contribution in [0.25, 0.3) is 0 Å². The number of aliphatic carboxylic acids is 1. The van der Waals surface area contributed by atoms with Gasteiger partial charge in [-0.1, -0.05) is 23.8 Å². The molecule has 1 saturated carbocycles. The Bertz CT molecular complexity index is 779. The number of allylic oxidation sites excluding steroid dienone is 1. The molecule has 2 rings (SSSR count). The van der Waals surface area contributed by atoms with Crippen molar-refractivity contribution in [3.8, 4) is 5.75 Å². The van der Waals surface area contributed by atoms with Crippen LogP contribution in [0.4, 0.5) is 0 Å². The molecule has 6 nitrogen and oxygen atoms in total. The molecule has 1 aromatic rings. The van der Waals surface area contributed by atoms with Crippen LogP contribution in [-0.2, 0) is 4.79 Å². The second-order valence-corrected chi connectivity index (χ2v) is 8.25. The average molecular weight is 437 g/mol. The number of aliphatic hydroxyl groups is 3. The molecular formula is C23H29ClO6. The van der Waals surface area contributed by atoms with E-state index in [1.165, 1.54) is 0 Å². The second kappa shape index (κ2) is 11.3. The molecule has 0 amide bonds. The second-order valence-electron chi connectivity index (χ2n) is 7.81. The van der Waals surface area contributed by atoms with Crippen molar-refractivity contribution in [1.29, 1.82) is 0 Å². The van der Waals surface area contributed by atoms with Crippen LogP contribution in [-0.4, -0.2) is 50.8 Å². The van der Waals surface area contributed by atoms with Crippen molar-refractivity contribution in [2.45, 2.75) is 50.4 Å². The molecule has 0 bridgehead atoms. The van der Waals surface area contributed by atoms with E-state index in [9.17, 15) is 20.1 Å². The van der Waals surface area contributed by atoms with E-state index in [1.807, 2.05) is 0 Å². The van der Waals surface area contributed by atoms with Gasteiger partial charge in [0.2, 0.25) is 0 Å². The van der Waals surface area contributed by atoms with Crippen molar-refractivity contribution >= 4 is 17.6 Å². The third-order valence-electron chi connectivity index (χ3n) is 5.07. The Kier molecular flexibility index (Phi) is 9.15. The number of hydrogen-bond donors (Lipinski definition) is 4. The van der Waals surface area contributed by atoms with Crippen LogP contribution < -0.4 is 4.74 Å². The minimum absolute atomic E-state index is 0.0212. The number of carboxylic acids is 1. The van der Waals surface area contributed by atoms with Gasteiger partial charge in [-0.05, 0) is 62.1 Å². The zero-order valence-electron chi connectivity index (χ0n) is 16.9. The van der Waals surface area contributed by atoms with Gasteiger partial charge in [-0.3, -0.25) is 4.79 Å². The van der Waals surface area contributed by atoms with Gasteiger partial charge in [-0.25, -0.2) is 0 Å². The Morgan fingerprint density at radius 1 is 1.27 bits per heavy atom. The first-order valence-electron chi connectivity index (χ1n) is 9.95. The molecule has 30 heavy (non-hydrogen) atoms. The lowest BCUT2D eigenvalue weighted by atomic mass is 9.89. The molecule has 0 saturated heterocycles. The van der Waals surface area contributed by atoms with Crippen LogP contribution >= 0.6 is 11.6 Å². The van der Waals surface area contributed by atoms with E-state index in [-0.39, 0.29) is 31.3 Å². The molecule has 0 aliphatic heterocycles. The maximum atomic E-state index is 10.6. The number of ether oxygens (including phenoxy) is 1. The molecule has 1 aliphatic rings. The fourth-order valence-corrected chi connectivity index (χ4v) is 3.53. The monoisotopic (exact) mass is 436 g/mol. The van der Waals surface area contributed by atoms with Gasteiger partial charge in [0.15, 0.2) is 0 Å². The fraction of sp³-hybridized carbons (Fsp3) is 0.478. The predicted octanol–water partition coefficient (Wildman–Crippen LogP) is 3.35. The number of halogens is 1. The molecule has 7 heteroatoms. The lowest BCUT2D eigenvalue weighted by Gasteiger charge is -2.23. The quantitative estimate of drug-likeness (QED) is 0.331. The van der Waals surface area contributed by atoms with Crippen molar-refractivity contribution in [2.75, 3.05) is 6.61 Å². The van der Waals surface area contributed by atoms with Gasteiger partial charge in [0.05, 0.1) is 12.2 Å². The van der Waals surface area contributed by atoms with Crippen LogP contribution in [0, 0.1) is 11.8 Å². The Labute approximate surface area is 181 Å². The molecular weight excluding hydrogens is 408 g/mol. The van der Waals surface area contributed by atoms with Gasteiger partial charge in [-0.2, -0.15) is 0 Å². The number of benzene rings is 1. The van der Waals surface area contributed by atoms with E-state index in [4.69, 9.17) is 21.4 Å². The van der Waals surface area contributed by atoms with Crippen molar-refractivity contribution < 1.29 is 30.0 Å². The summed E-state index contributed by atoms with van der Waals surface area (Å²) < 4.78 is 5.60. The summed E-state index contributed by atoms with van der Waals surface area (Å²) in [6.07, 6.45) is 6.53. The molecule has 5 atom stereocenters. The third-order valence-corrected chi connectivity index (χ3v) is 5.32. The molecule has 1 aromatic carbocycles. The van der Waals surface area contributed by atoms with E-state index >= 15 is 0 Å². The maximum absolute atomic E-state index is 10.6. The highest BCUT2D eigenvalue weighted by atomic mass is 35.5. The van der Waals surface area contributed by atoms with Gasteiger partial charge in [0, 0.05) is 23.8 Å². The third kappa shape index (κ3) is 7.98. The van der Waals surface area contributed by atoms with Crippen molar-refractivity contribution in [2.24, 2.45) is 11.8 Å². The normalized spacial score (nSPS) is 25.5. The van der Waals surface area contributed by atoms with E-state index in [1.54, 1.807) is 55.5 Å². The lowest BCUT2D eigenvalue weighted by molar-refractivity contribution is -0.136. The fourth-order valence-electron chi connectivity index (χ4n) is 3.40. The van der Waals surface area contributed by atoms with Crippen LogP contribution in [0.2, 0.25) is 5.02 Å². The molecule has 0 aromatic heterocycles. The zero-order valence-corrected chi connectivity index (χ0v) is 17.7. The highest BCUT2D eigenvalue weighted by Gasteiger charge is 2.39. The van der Waals surface area contributed by atoms with E-state index in [0.29, 0.717) is 23.6 Å². The van der Waals surface area contributed by atoms with E-state index in [2.05, 4.69) is 5.73 Å². The van der Waals surface area contributed by atoms with Gasteiger partial charge in [0.1, 0.15) is 18.0 Å². The van der Waals surface area contributed by atoms with Gasteiger partial charge in [-0.15, -0.1) is 5.73 Å². The summed E-state index contributed by atoms with van der Waals surface area (Å²) >= 11 is 5.84. The minimum Gasteiger partial charge on any atom is -0.490 e. The summed E-state index contributed by atoms with van der Waals surface area (Å²) in [7, 11) is 0. The Balaban J connectivity index is 1.94. The van der Waals surface area contributed by atoms with Gasteiger partial charge >= 0.3 is 5.97 Å². The molecule has 1 aliphatic carbocycles. The summed E-state index contributed by atoms with van der Waals surface area (Å²) in [5.41, 5.74) is 1.67. The zero-order chi connectivity index (χ0) is 22.1. The number of carbonyl (C=O) groups is 1. The standard InChI is InChI=1S/C23H29ClO6/c1-23(29,15-30-17-10-8-16(24)9-11-17)13-12-19-18(20(25)14-21(19)26)6-4-2-3-5-7-22(27)28/h3-4,8-13,18-21,25-26,29H,5-7,14-15H2,1H3,(H,27,28)/t2?,18-,19-,20+,21-,23?/m1/s1. The molecule has 1 fully saturated rings. The average Bonchev–Trinajstić information content (AvgIpc) is 2.95. The smallest absolute Gasteiger partial charge is 0.303 e. The summed E-state index contributed by atoms with van der Waals surface area (Å²) in [6.45, 7) is 1.63. The molecule has 4 N–H and O–H groups in total. The van der Waals surface area contributed by atoms with Gasteiger partial charge < -0.3 is 25.2 Å². The van der Waals surface area contributed by atoms with Gasteiger partial charge in [0.25, 0.3) is 0 Å². The summed E-state index contributed by atoms with van der Waals surface area (Å²) in [5, 5.41) is 40.4. The Morgan fingerprint density at radius 2 is 1.97 bits per heavy atom. The Morgan fingerprint density at radius 3 is 2.63 bits per heavy atom. The van der Waals surface area contributed by atoms with Crippen LogP contribution in [0.1, 0.15) is 32.6 Å². The first kappa shape index (κ1) is 24.2. The molecule has 0 spiro atoms. The SMILES string of the molecule is CC(O)(C=C[C@@H]1[C@@H](CC=C=CCCC(=O)O)[C@@H](O)C[C@H]1O)COc1ccc(Cl)cc1. The molecule has 1 unspecified atom stereocenters. The van der Waals surface area contributed by atoms with Crippen LogP contribution in [0.15, 0.2) is 54.3 Å². The van der Waals surface area contributed by atoms with Crippen molar-refractivity contribution in [3.63, 3.8) is 0 Å². The van der Waals surface area contributed by atoms with Crippen LogP contribution in [0.3, 0.4) is 0 Å². The largest absolute Gasteiger partial charge is 0.490 e. The molecule has 164 valence electrons. The Hall–Kier alpha value is -2.08. The molecule has 0 radical (unpaired) electrons. The van der Waals surface area contributed by atoms with Crippen molar-refractivity contribution in [3.05, 3.63) is 59.3 Å². The van der Waals surface area contributed by atoms with E-state index in [0.717, 1.165) is 0 Å². The maximum Gasteiger partial charge on any atom is 0.303 e. The first-order chi connectivity index (χ1) is 14.2. The van der Waals surface area contributed by atoms with E-state index < -0.39 is 23.8 Å². The summed E-state index contributed by atoms with van der Waals surface area (Å²) in [4.78, 5) is 10.5. The molecule has 0 heterocycles. The van der Waals surface area contributed by atoms with Crippen molar-refractivity contribution in [1.82, 2.24) is 0 Å². The summed E-state index contributed by atoms with van der Waals surface area (Å²) in [6, 6.07) is 6.83. The lowest BCUT2D eigenvalue weighted by Crippen LogP contribution is -2.30. The van der Waals surface area contributed by atoms with Crippen LogP contribution in [0.5, 0.6) is 5.75 Å². The number of carboxylic acid groups (broad SMARTS) is 1. The predicted molar refractivity (Wildman–Crippen MR) is 114 cm³/mol. The minimum atomic E-state index is -1.26. The first-order valence-corrected chi connectivity index (χ1v) is 10.3.